The number of benzene rings is 2. The van der Waals surface area contributed by atoms with Crippen LogP contribution in [0, 0.1) is 12.3 Å². The van der Waals surface area contributed by atoms with E-state index < -0.39 is 24.0 Å². The SMILES string of the molecule is Cc1c(C(=O)N2CCC2)cccc1N1CCOC(C(O)C(=O)Nc2ccc(C(=N)N)cc2)C1=O. The Kier molecular flexibility index (Phi) is 6.62. The molecule has 2 atom stereocenters. The number of amidine groups is 1. The van der Waals surface area contributed by atoms with Crippen LogP contribution in [0.4, 0.5) is 11.4 Å². The number of likely N-dealkylation sites (tertiary alicyclic amines) is 1. The molecule has 2 aliphatic heterocycles. The standard InChI is InChI=1S/C24H27N5O5/c1-14-17(23(32)28-10-3-11-28)4-2-5-18(14)29-12-13-34-20(24(29)33)19(30)22(31)27-16-8-6-15(7-9-16)21(25)26/h2,4-9,19-20,30H,3,10-13H2,1H3,(H3,25,26)(H,27,31). The van der Waals surface area contributed by atoms with Crippen molar-refractivity contribution in [2.24, 2.45) is 5.73 Å². The molecule has 5 N–H and O–H groups in total. The first-order valence-electron chi connectivity index (χ1n) is 11.0. The van der Waals surface area contributed by atoms with Crippen molar-refractivity contribution in [1.29, 1.82) is 5.41 Å². The summed E-state index contributed by atoms with van der Waals surface area (Å²) < 4.78 is 5.47. The molecule has 0 saturated carbocycles. The molecule has 2 aromatic carbocycles. The zero-order chi connectivity index (χ0) is 24.4. The lowest BCUT2D eigenvalue weighted by Crippen LogP contribution is -2.55. The second kappa shape index (κ2) is 9.62. The molecule has 0 spiro atoms. The second-order valence-electron chi connectivity index (χ2n) is 8.30. The normalized spacial score (nSPS) is 18.8. The number of rotatable bonds is 6. The van der Waals surface area contributed by atoms with Gasteiger partial charge in [0.25, 0.3) is 17.7 Å². The smallest absolute Gasteiger partial charge is 0.259 e. The van der Waals surface area contributed by atoms with Crippen LogP contribution in [0.25, 0.3) is 0 Å². The number of nitrogens with zero attached hydrogens (tertiary/aromatic N) is 2. The minimum atomic E-state index is -1.74. The molecule has 2 saturated heterocycles. The van der Waals surface area contributed by atoms with Gasteiger partial charge in [-0.15, -0.1) is 0 Å². The van der Waals surface area contributed by atoms with Crippen LogP contribution in [0.15, 0.2) is 42.5 Å². The Balaban J connectivity index is 1.49. The van der Waals surface area contributed by atoms with Crippen LogP contribution >= 0.6 is 0 Å². The predicted molar refractivity (Wildman–Crippen MR) is 126 cm³/mol. The zero-order valence-corrected chi connectivity index (χ0v) is 18.8. The van der Waals surface area contributed by atoms with Crippen molar-refractivity contribution in [2.45, 2.75) is 25.6 Å². The third-order valence-corrected chi connectivity index (χ3v) is 6.11. The van der Waals surface area contributed by atoms with E-state index in [-0.39, 0.29) is 24.9 Å². The van der Waals surface area contributed by atoms with Gasteiger partial charge < -0.3 is 30.7 Å². The van der Waals surface area contributed by atoms with Gasteiger partial charge in [0.2, 0.25) is 0 Å². The molecule has 10 nitrogen and oxygen atoms in total. The third-order valence-electron chi connectivity index (χ3n) is 6.11. The summed E-state index contributed by atoms with van der Waals surface area (Å²) in [7, 11) is 0. The highest BCUT2D eigenvalue weighted by atomic mass is 16.5. The fraction of sp³-hybridized carbons (Fsp3) is 0.333. The lowest BCUT2D eigenvalue weighted by atomic mass is 10.0. The minimum absolute atomic E-state index is 0.0712. The Morgan fingerprint density at radius 3 is 2.50 bits per heavy atom. The average molecular weight is 466 g/mol. The van der Waals surface area contributed by atoms with E-state index in [1.807, 2.05) is 0 Å². The molecule has 4 rings (SSSR count). The first-order chi connectivity index (χ1) is 16.3. The van der Waals surface area contributed by atoms with Gasteiger partial charge in [-0.05, 0) is 55.3 Å². The summed E-state index contributed by atoms with van der Waals surface area (Å²) >= 11 is 0. The number of ether oxygens (including phenoxy) is 1. The highest BCUT2D eigenvalue weighted by Gasteiger charge is 2.40. The van der Waals surface area contributed by atoms with Crippen LogP contribution in [0.1, 0.15) is 27.9 Å². The lowest BCUT2D eigenvalue weighted by Gasteiger charge is -2.36. The fourth-order valence-corrected chi connectivity index (χ4v) is 4.00. The number of amides is 3. The first-order valence-corrected chi connectivity index (χ1v) is 11.0. The van der Waals surface area contributed by atoms with Crippen molar-refractivity contribution < 1.29 is 24.2 Å². The van der Waals surface area contributed by atoms with Crippen LogP contribution in [-0.4, -0.2) is 72.0 Å². The maximum absolute atomic E-state index is 13.2. The number of aliphatic hydroxyl groups is 1. The Morgan fingerprint density at radius 2 is 1.88 bits per heavy atom. The summed E-state index contributed by atoms with van der Waals surface area (Å²) in [4.78, 5) is 41.8. The van der Waals surface area contributed by atoms with E-state index in [4.69, 9.17) is 15.9 Å². The van der Waals surface area contributed by atoms with Crippen molar-refractivity contribution in [3.8, 4) is 0 Å². The molecule has 2 fully saturated rings. The maximum atomic E-state index is 13.2. The van der Waals surface area contributed by atoms with Gasteiger partial charge in [0.15, 0.2) is 12.2 Å². The van der Waals surface area contributed by atoms with Crippen molar-refractivity contribution in [3.63, 3.8) is 0 Å². The van der Waals surface area contributed by atoms with E-state index in [9.17, 15) is 19.5 Å². The van der Waals surface area contributed by atoms with E-state index in [0.717, 1.165) is 19.5 Å². The maximum Gasteiger partial charge on any atom is 0.259 e. The average Bonchev–Trinajstić information content (AvgIpc) is 2.78. The molecule has 3 amide bonds. The summed E-state index contributed by atoms with van der Waals surface area (Å²) in [5.74, 6) is -1.53. The summed E-state index contributed by atoms with van der Waals surface area (Å²) in [5, 5.41) is 20.6. The number of anilines is 2. The molecule has 0 aromatic heterocycles. The van der Waals surface area contributed by atoms with Crippen LogP contribution < -0.4 is 16.0 Å². The predicted octanol–water partition coefficient (Wildman–Crippen LogP) is 0.856. The quantitative estimate of drug-likeness (QED) is 0.367. The number of carbonyl (C=O) groups excluding carboxylic acids is 3. The number of aliphatic hydroxyl groups excluding tert-OH is 1. The van der Waals surface area contributed by atoms with Crippen LogP contribution in [-0.2, 0) is 14.3 Å². The molecule has 0 bridgehead atoms. The minimum Gasteiger partial charge on any atom is -0.384 e. The molecule has 2 aliphatic rings. The third kappa shape index (κ3) is 4.50. The number of hydrogen-bond acceptors (Lipinski definition) is 6. The van der Waals surface area contributed by atoms with Gasteiger partial charge in [-0.25, -0.2) is 0 Å². The molecule has 34 heavy (non-hydrogen) atoms. The summed E-state index contributed by atoms with van der Waals surface area (Å²) in [6.07, 6.45) is -2.15. The zero-order valence-electron chi connectivity index (χ0n) is 18.8. The van der Waals surface area contributed by atoms with Gasteiger partial charge in [0, 0.05) is 42.1 Å². The summed E-state index contributed by atoms with van der Waals surface area (Å²) in [6, 6.07) is 11.4. The molecular formula is C24H27N5O5. The molecule has 2 unspecified atom stereocenters. The molecule has 0 aliphatic carbocycles. The van der Waals surface area contributed by atoms with E-state index >= 15 is 0 Å². The van der Waals surface area contributed by atoms with Gasteiger partial charge >= 0.3 is 0 Å². The van der Waals surface area contributed by atoms with E-state index in [2.05, 4.69) is 5.32 Å². The number of nitrogens with one attached hydrogen (secondary N) is 2. The largest absolute Gasteiger partial charge is 0.384 e. The lowest BCUT2D eigenvalue weighted by molar-refractivity contribution is -0.150. The number of hydrogen-bond donors (Lipinski definition) is 4. The van der Waals surface area contributed by atoms with E-state index in [1.165, 1.54) is 4.90 Å². The van der Waals surface area contributed by atoms with Crippen molar-refractivity contribution in [3.05, 3.63) is 59.2 Å². The Bertz CT molecular complexity index is 1130. The van der Waals surface area contributed by atoms with Crippen molar-refractivity contribution >= 4 is 34.9 Å². The van der Waals surface area contributed by atoms with Gasteiger partial charge in [0.1, 0.15) is 5.84 Å². The molecule has 10 heteroatoms. The van der Waals surface area contributed by atoms with Crippen molar-refractivity contribution in [1.82, 2.24) is 4.90 Å². The first kappa shape index (κ1) is 23.4. The van der Waals surface area contributed by atoms with Gasteiger partial charge in [-0.3, -0.25) is 19.8 Å². The second-order valence-corrected chi connectivity index (χ2v) is 8.30. The summed E-state index contributed by atoms with van der Waals surface area (Å²) in [5.41, 5.74) is 8.04. The fourth-order valence-electron chi connectivity index (χ4n) is 4.00. The number of nitrogens with two attached hydrogens (primary N) is 1. The number of carbonyl (C=O) groups is 3. The highest BCUT2D eigenvalue weighted by molar-refractivity contribution is 6.05. The van der Waals surface area contributed by atoms with E-state index in [1.54, 1.807) is 54.3 Å². The van der Waals surface area contributed by atoms with Crippen LogP contribution in [0.3, 0.4) is 0 Å². The molecule has 2 heterocycles. The molecular weight excluding hydrogens is 438 g/mol. The molecule has 2 aromatic rings. The van der Waals surface area contributed by atoms with Gasteiger partial charge in [-0.2, -0.15) is 0 Å². The Labute approximate surface area is 196 Å². The van der Waals surface area contributed by atoms with Crippen LogP contribution in [0.5, 0.6) is 0 Å². The van der Waals surface area contributed by atoms with E-state index in [0.29, 0.717) is 28.1 Å². The molecule has 178 valence electrons. The topological polar surface area (TPSA) is 149 Å². The summed E-state index contributed by atoms with van der Waals surface area (Å²) in [6.45, 7) is 3.59. The number of nitrogen functional groups attached to an aromatic ring is 1. The van der Waals surface area contributed by atoms with Crippen molar-refractivity contribution in [2.75, 3.05) is 36.5 Å². The highest BCUT2D eigenvalue weighted by Crippen LogP contribution is 2.28. The monoisotopic (exact) mass is 465 g/mol. The Hall–Kier alpha value is -3.76. The number of morpholine rings is 1. The molecule has 0 radical (unpaired) electrons. The Morgan fingerprint density at radius 1 is 1.18 bits per heavy atom. The van der Waals surface area contributed by atoms with Gasteiger partial charge in [-0.1, -0.05) is 6.07 Å². The van der Waals surface area contributed by atoms with Gasteiger partial charge in [0.05, 0.1) is 6.61 Å². The van der Waals surface area contributed by atoms with Crippen LogP contribution in [0.2, 0.25) is 0 Å².